The lowest BCUT2D eigenvalue weighted by molar-refractivity contribution is 0.0518. The lowest BCUT2D eigenvalue weighted by atomic mass is 10.1. The molecule has 42 nitrogen and oxygen atoms in total. The van der Waals surface area contributed by atoms with Gasteiger partial charge >= 0.3 is 12.1 Å². The number of rotatable bonds is 59. The highest BCUT2D eigenvalue weighted by atomic mass is 32.2. The number of carboxylic acids is 1. The van der Waals surface area contributed by atoms with Crippen LogP contribution in [0.15, 0.2) is 59.6 Å². The average molecular weight is 1710 g/mol. The zero-order chi connectivity index (χ0) is 83.2. The minimum atomic E-state index is -4.39. The van der Waals surface area contributed by atoms with E-state index < -0.39 is 125 Å². The summed E-state index contributed by atoms with van der Waals surface area (Å²) in [5.41, 5.74) is 7.56. The molecule has 0 fully saturated rings. The Morgan fingerprint density at radius 3 is 1.16 bits per heavy atom. The molecule has 0 bridgehead atoms. The summed E-state index contributed by atoms with van der Waals surface area (Å²) in [5, 5.41) is 33.2. The van der Waals surface area contributed by atoms with Gasteiger partial charge in [0.25, 0.3) is 72.5 Å². The van der Waals surface area contributed by atoms with Crippen molar-refractivity contribution >= 4 is 84.6 Å². The Balaban J connectivity index is 1.36. The second-order valence-corrected chi connectivity index (χ2v) is 34.9. The fourth-order valence-electron chi connectivity index (χ4n) is 9.46. The first kappa shape index (κ1) is 95.7. The number of nitrogens with zero attached hydrogens (tertiary/aromatic N) is 4. The maximum Gasteiger partial charge on any atom is 0.407 e. The first-order valence-electron chi connectivity index (χ1n) is 34.8. The number of benzene rings is 3. The van der Waals surface area contributed by atoms with Crippen molar-refractivity contribution in [1.82, 2.24) is 36.3 Å². The summed E-state index contributed by atoms with van der Waals surface area (Å²) in [5.74, 6) is -7.85. The summed E-state index contributed by atoms with van der Waals surface area (Å²) >= 11 is 0. The quantitative estimate of drug-likeness (QED) is 0.0159. The molecule has 48 heteroatoms. The highest BCUT2D eigenvalue weighted by Gasteiger charge is 2.25. The number of carbonyl (C=O) groups is 4. The molecular weight excluding hydrogens is 1620 g/mol. The smallest absolute Gasteiger partial charge is 0.407 e. The van der Waals surface area contributed by atoms with E-state index in [1.54, 1.807) is 31.6 Å². The van der Waals surface area contributed by atoms with Crippen molar-refractivity contribution in [2.75, 3.05) is 120 Å². The third-order valence-corrected chi connectivity index (χ3v) is 19.3. The number of amides is 3. The molecule has 12 N–H and O–H groups in total. The Hall–Kier alpha value is -8.72. The molecule has 0 atom stereocenters. The summed E-state index contributed by atoms with van der Waals surface area (Å²) in [7, 11) is -26.3. The van der Waals surface area contributed by atoms with Crippen LogP contribution in [-0.2, 0) is 78.4 Å². The van der Waals surface area contributed by atoms with Crippen molar-refractivity contribution in [2.24, 2.45) is 5.11 Å². The van der Waals surface area contributed by atoms with E-state index in [0.717, 1.165) is 0 Å². The van der Waals surface area contributed by atoms with Crippen LogP contribution in [0.5, 0.6) is 51.7 Å². The van der Waals surface area contributed by atoms with Gasteiger partial charge in [0, 0.05) is 49.7 Å². The maximum atomic E-state index is 13.6. The molecule has 3 aromatic carbocycles. The Bertz CT molecular complexity index is 4360. The number of nitrogens with one attached hydrogen (secondary N) is 5. The predicted octanol–water partition coefficient (Wildman–Crippen LogP) is 4.87. The highest BCUT2D eigenvalue weighted by molar-refractivity contribution is 7.87. The van der Waals surface area contributed by atoms with Crippen molar-refractivity contribution in [3.05, 3.63) is 76.9 Å². The molecule has 4 aromatic rings. The number of allylic oxidation sites excluding steroid dienone is 1. The van der Waals surface area contributed by atoms with Gasteiger partial charge in [-0.25, -0.2) is 15.1 Å². The number of hydrogen-bond donors (Lipinski definition) is 12. The van der Waals surface area contributed by atoms with Crippen LogP contribution in [0.4, 0.5) is 4.79 Å². The second-order valence-electron chi connectivity index (χ2n) is 25.4. The van der Waals surface area contributed by atoms with Gasteiger partial charge in [0.2, 0.25) is 17.2 Å². The van der Waals surface area contributed by atoms with Crippen LogP contribution >= 0.6 is 0 Å². The monoisotopic (exact) mass is 1710 g/mol. The molecule has 0 saturated heterocycles. The van der Waals surface area contributed by atoms with Gasteiger partial charge < -0.3 is 73.7 Å². The lowest BCUT2D eigenvalue weighted by Crippen LogP contribution is -2.34. The summed E-state index contributed by atoms with van der Waals surface area (Å²) in [6, 6.07) is 7.42. The summed E-state index contributed by atoms with van der Waals surface area (Å²) < 4.78 is 251. The number of aromatic carboxylic acids is 1. The second kappa shape index (κ2) is 47.1. The number of ether oxygens (including phenoxy) is 10. The molecule has 1 heterocycles. The van der Waals surface area contributed by atoms with Crippen molar-refractivity contribution in [2.45, 2.75) is 123 Å². The molecule has 632 valence electrons. The van der Waals surface area contributed by atoms with Gasteiger partial charge in [0.05, 0.1) is 111 Å². The average Bonchev–Trinajstić information content (AvgIpc) is 0.930. The standard InChI is InChI=1S/C64H97N9O33S6/c1-64(2,3)106-63(78)69-21-31-105-59-55(97-23-6-4-16-49(70-65)44-66-18-8-19-67-60(74)46-38-51(99-25-10-32-107(79,80)81)57(103-29-14-36-111(91,92)93)52(39-46)100-26-11-33-108(82,83)84)42-48(62(76)77)43-56(59)98-24-7-5-17-50-45-73(72-71-50)22-9-20-68-61(75)47-40-53(101-27-12-34-109(85,86)87)58(104-30-15-37-112(94,95)96)54(41-47)102-28-13-35-110(88,89)90/h38-45,65-66H,4-37H2,1-3H3,(H,67,74)(H,68,75)(H,69,78)(H,76,77)(H,79,80,81)(H,82,83,84)(H,85,86,87)(H,88,89,90)(H,91,92,93)(H,94,95,96)/b49-44-,70-65?. The van der Waals surface area contributed by atoms with Crippen LogP contribution in [0, 0.1) is 5.53 Å². The van der Waals surface area contributed by atoms with Crippen LogP contribution in [0.2, 0.25) is 0 Å². The maximum absolute atomic E-state index is 13.6. The summed E-state index contributed by atoms with van der Waals surface area (Å²) in [6.45, 7) is 3.63. The molecule has 0 aliphatic heterocycles. The molecule has 0 spiro atoms. The Morgan fingerprint density at radius 2 is 0.795 bits per heavy atom. The van der Waals surface area contributed by atoms with Gasteiger partial charge in [-0.15, -0.1) is 5.10 Å². The lowest BCUT2D eigenvalue weighted by Gasteiger charge is -2.20. The van der Waals surface area contributed by atoms with Crippen LogP contribution in [0.1, 0.15) is 141 Å². The Morgan fingerprint density at radius 1 is 0.446 bits per heavy atom. The number of alkyl carbamates (subject to hydrolysis) is 1. The highest BCUT2D eigenvalue weighted by Crippen LogP contribution is 2.42. The largest absolute Gasteiger partial charge is 0.490 e. The van der Waals surface area contributed by atoms with Crippen LogP contribution in [0.25, 0.3) is 0 Å². The van der Waals surface area contributed by atoms with E-state index in [-0.39, 0.29) is 206 Å². The van der Waals surface area contributed by atoms with E-state index in [9.17, 15) is 102 Å². The van der Waals surface area contributed by atoms with Crippen LogP contribution in [0.3, 0.4) is 0 Å². The fourth-order valence-corrected chi connectivity index (χ4v) is 12.4. The number of aryl methyl sites for hydroxylation is 2. The van der Waals surface area contributed by atoms with E-state index in [4.69, 9.17) is 52.9 Å². The van der Waals surface area contributed by atoms with Gasteiger partial charge in [-0.05, 0) is 147 Å². The Kier molecular flexibility index (Phi) is 40.2. The molecule has 3 amide bonds. The number of carbonyl (C=O) groups excluding carboxylic acids is 3. The molecular formula is C64H97N9O33S6. The minimum absolute atomic E-state index is 0.01000. The van der Waals surface area contributed by atoms with Crippen molar-refractivity contribution < 1.29 is 149 Å². The van der Waals surface area contributed by atoms with Crippen LogP contribution in [-0.4, -0.2) is 248 Å². The number of unbranched alkanes of at least 4 members (excludes halogenated alkanes) is 2. The molecule has 0 saturated carbocycles. The predicted molar refractivity (Wildman–Crippen MR) is 398 cm³/mol. The molecule has 112 heavy (non-hydrogen) atoms. The number of carboxylic acid groups (broad SMARTS) is 1. The van der Waals surface area contributed by atoms with Gasteiger partial charge in [0.15, 0.2) is 34.5 Å². The third-order valence-electron chi connectivity index (χ3n) is 14.5. The van der Waals surface area contributed by atoms with Gasteiger partial charge in [-0.1, -0.05) is 5.21 Å². The first-order valence-corrected chi connectivity index (χ1v) is 44.5. The molecule has 0 radical (unpaired) electrons. The molecule has 0 unspecified atom stereocenters. The van der Waals surface area contributed by atoms with E-state index >= 15 is 0 Å². The molecule has 0 aliphatic carbocycles. The molecule has 1 aromatic heterocycles. The minimum Gasteiger partial charge on any atom is -0.490 e. The summed E-state index contributed by atoms with van der Waals surface area (Å²) in [6.07, 6.45) is 4.23. The van der Waals surface area contributed by atoms with E-state index in [1.165, 1.54) is 42.6 Å². The van der Waals surface area contributed by atoms with Gasteiger partial charge in [-0.3, -0.25) is 41.6 Å². The first-order chi connectivity index (χ1) is 52.4. The van der Waals surface area contributed by atoms with Crippen molar-refractivity contribution in [3.8, 4) is 51.7 Å². The van der Waals surface area contributed by atoms with Gasteiger partial charge in [-0.2, -0.15) is 55.6 Å². The van der Waals surface area contributed by atoms with Crippen molar-refractivity contribution in [3.63, 3.8) is 0 Å². The van der Waals surface area contributed by atoms with Crippen LogP contribution < -0.4 is 63.9 Å². The van der Waals surface area contributed by atoms with Gasteiger partial charge in [0.1, 0.15) is 12.2 Å². The van der Waals surface area contributed by atoms with Crippen molar-refractivity contribution in [1.29, 1.82) is 5.53 Å². The fraction of sp³-hybridized carbons (Fsp3) is 0.594. The summed E-state index contributed by atoms with van der Waals surface area (Å²) in [4.78, 5) is 52.0. The third kappa shape index (κ3) is 42.8. The number of hydrogen-bond acceptors (Lipinski definition) is 31. The Labute approximate surface area is 649 Å². The zero-order valence-corrected chi connectivity index (χ0v) is 66.5. The molecule has 4 rings (SSSR count). The zero-order valence-electron chi connectivity index (χ0n) is 61.6. The normalized spacial score (nSPS) is 12.3. The van der Waals surface area contributed by atoms with E-state index in [0.29, 0.717) is 56.3 Å². The SMILES string of the molecule is CC(C)(C)OC(=O)NCCOc1c(OCCCC/C(=C/NCCCNC(=O)c2cc(OCCCS(=O)(=O)O)c(OCCCS(=O)(=O)O)c(OCCCS(=O)(=O)O)c2)N=N)cc(C(=O)O)cc1OCCCCc1cn(CCCNC(=O)c2cc(OCCCS(=O)(=O)O)c(OCCCS(=O)(=O)O)c(OCCCS(=O)(=O)O)c2)nn1. The topological polar surface area (TPSA) is 622 Å². The van der Waals surface area contributed by atoms with E-state index in [1.807, 2.05) is 0 Å². The van der Waals surface area contributed by atoms with E-state index in [2.05, 4.69) is 36.7 Å². The number of aromatic nitrogens is 3. The molecule has 0 aliphatic rings.